The maximum atomic E-state index is 10.5. The van der Waals surface area contributed by atoms with E-state index in [4.69, 9.17) is 9.84 Å². The number of carbonyl (C=O) groups is 1. The molecule has 0 saturated heterocycles. The van der Waals surface area contributed by atoms with Gasteiger partial charge in [0.05, 0.1) is 31.2 Å². The Morgan fingerprint density at radius 3 is 2.94 bits per heavy atom. The molecule has 94 valence electrons. The van der Waals surface area contributed by atoms with E-state index in [-0.39, 0.29) is 6.42 Å². The smallest absolute Gasteiger partial charge is 0.303 e. The number of nitrogens with zero attached hydrogens (tertiary/aromatic N) is 2. The fourth-order valence-corrected chi connectivity index (χ4v) is 1.70. The molecule has 2 aromatic rings. The first-order chi connectivity index (χ1) is 8.70. The van der Waals surface area contributed by atoms with Crippen LogP contribution in [0.4, 0.5) is 0 Å². The lowest BCUT2D eigenvalue weighted by Gasteiger charge is -2.07. The number of benzene rings is 1. The van der Waals surface area contributed by atoms with Crippen molar-refractivity contribution in [3.63, 3.8) is 0 Å². The molecule has 0 saturated carbocycles. The number of para-hydroxylation sites is 2. The van der Waals surface area contributed by atoms with Crippen LogP contribution in [0.5, 0.6) is 5.75 Å². The molecular weight excluding hydrogens is 232 g/mol. The molecule has 0 aliphatic rings. The van der Waals surface area contributed by atoms with Gasteiger partial charge in [0.2, 0.25) is 0 Å². The minimum atomic E-state index is -0.818. The van der Waals surface area contributed by atoms with Crippen molar-refractivity contribution in [1.82, 2.24) is 9.55 Å². The first-order valence-corrected chi connectivity index (χ1v) is 5.59. The standard InChI is InChI=1S/C13H14N2O3/c1-18-12-5-3-2-4-11(12)15-8-10(14-9-15)6-7-13(16)17/h2-5,8-9H,6-7H2,1H3,(H,16,17). The molecule has 5 nitrogen and oxygen atoms in total. The topological polar surface area (TPSA) is 64.4 Å². The lowest BCUT2D eigenvalue weighted by molar-refractivity contribution is -0.136. The van der Waals surface area contributed by atoms with Crippen molar-refractivity contribution in [2.75, 3.05) is 7.11 Å². The number of imidazole rings is 1. The first kappa shape index (κ1) is 12.2. The summed E-state index contributed by atoms with van der Waals surface area (Å²) in [5.74, 6) is -0.0680. The van der Waals surface area contributed by atoms with Gasteiger partial charge in [-0.05, 0) is 12.1 Å². The summed E-state index contributed by atoms with van der Waals surface area (Å²) >= 11 is 0. The summed E-state index contributed by atoms with van der Waals surface area (Å²) in [7, 11) is 1.61. The van der Waals surface area contributed by atoms with Crippen molar-refractivity contribution < 1.29 is 14.6 Å². The van der Waals surface area contributed by atoms with Gasteiger partial charge in [0, 0.05) is 12.6 Å². The number of ether oxygens (including phenoxy) is 1. The fourth-order valence-electron chi connectivity index (χ4n) is 1.70. The van der Waals surface area contributed by atoms with Crippen LogP contribution in [0, 0.1) is 0 Å². The number of carboxylic acid groups (broad SMARTS) is 1. The van der Waals surface area contributed by atoms with Crippen LogP contribution in [-0.4, -0.2) is 27.7 Å². The molecule has 0 atom stereocenters. The number of aliphatic carboxylic acids is 1. The highest BCUT2D eigenvalue weighted by atomic mass is 16.5. The van der Waals surface area contributed by atoms with Crippen LogP contribution in [0.3, 0.4) is 0 Å². The van der Waals surface area contributed by atoms with Crippen molar-refractivity contribution in [1.29, 1.82) is 0 Å². The lowest BCUT2D eigenvalue weighted by atomic mass is 10.2. The SMILES string of the molecule is COc1ccccc1-n1cnc(CCC(=O)O)c1. The molecule has 5 heteroatoms. The van der Waals surface area contributed by atoms with Crippen molar-refractivity contribution in [3.8, 4) is 11.4 Å². The molecule has 0 aliphatic carbocycles. The van der Waals surface area contributed by atoms with Crippen LogP contribution in [0.15, 0.2) is 36.8 Å². The Labute approximate surface area is 105 Å². The number of aryl methyl sites for hydroxylation is 1. The Balaban J connectivity index is 2.21. The van der Waals surface area contributed by atoms with Crippen molar-refractivity contribution >= 4 is 5.97 Å². The summed E-state index contributed by atoms with van der Waals surface area (Å²) in [4.78, 5) is 14.7. The maximum absolute atomic E-state index is 10.5. The molecule has 0 bridgehead atoms. The first-order valence-electron chi connectivity index (χ1n) is 5.59. The van der Waals surface area contributed by atoms with Gasteiger partial charge >= 0.3 is 5.97 Å². The van der Waals surface area contributed by atoms with Crippen molar-refractivity contribution in [2.45, 2.75) is 12.8 Å². The van der Waals surface area contributed by atoms with Crippen molar-refractivity contribution in [3.05, 3.63) is 42.5 Å². The maximum Gasteiger partial charge on any atom is 0.303 e. The molecule has 0 unspecified atom stereocenters. The molecule has 0 spiro atoms. The van der Waals surface area contributed by atoms with E-state index in [1.165, 1.54) is 0 Å². The molecule has 0 amide bonds. The molecule has 0 fully saturated rings. The van der Waals surface area contributed by atoms with Gasteiger partial charge in [-0.25, -0.2) is 4.98 Å². The van der Waals surface area contributed by atoms with E-state index in [0.29, 0.717) is 6.42 Å². The third-order valence-electron chi connectivity index (χ3n) is 2.59. The number of hydrogen-bond donors (Lipinski definition) is 1. The highest BCUT2D eigenvalue weighted by molar-refractivity contribution is 5.66. The van der Waals surface area contributed by atoms with E-state index < -0.39 is 5.97 Å². The molecule has 0 aliphatic heterocycles. The van der Waals surface area contributed by atoms with Gasteiger partial charge in [0.25, 0.3) is 0 Å². The summed E-state index contributed by atoms with van der Waals surface area (Å²) in [6, 6.07) is 7.59. The third kappa shape index (κ3) is 2.68. The van der Waals surface area contributed by atoms with Crippen LogP contribution >= 0.6 is 0 Å². The van der Waals surface area contributed by atoms with E-state index in [9.17, 15) is 4.79 Å². The second-order valence-corrected chi connectivity index (χ2v) is 3.84. The quantitative estimate of drug-likeness (QED) is 0.875. The zero-order valence-electron chi connectivity index (χ0n) is 10.0. The number of carboxylic acids is 1. The second-order valence-electron chi connectivity index (χ2n) is 3.84. The van der Waals surface area contributed by atoms with Crippen molar-refractivity contribution in [2.24, 2.45) is 0 Å². The zero-order chi connectivity index (χ0) is 13.0. The molecule has 1 heterocycles. The molecule has 2 rings (SSSR count). The van der Waals surface area contributed by atoms with E-state index in [1.54, 1.807) is 13.4 Å². The zero-order valence-corrected chi connectivity index (χ0v) is 10.0. The predicted octanol–water partition coefficient (Wildman–Crippen LogP) is 1.90. The minimum absolute atomic E-state index is 0.0862. The monoisotopic (exact) mass is 246 g/mol. The summed E-state index contributed by atoms with van der Waals surface area (Å²) in [5.41, 5.74) is 1.64. The van der Waals surface area contributed by atoms with Crippen LogP contribution in [-0.2, 0) is 11.2 Å². The van der Waals surface area contributed by atoms with Crippen LogP contribution < -0.4 is 4.74 Å². The Morgan fingerprint density at radius 1 is 1.44 bits per heavy atom. The van der Waals surface area contributed by atoms with Crippen LogP contribution in [0.2, 0.25) is 0 Å². The van der Waals surface area contributed by atoms with E-state index in [1.807, 2.05) is 35.0 Å². The summed E-state index contributed by atoms with van der Waals surface area (Å²) < 4.78 is 7.09. The average Bonchev–Trinajstić information content (AvgIpc) is 2.85. The van der Waals surface area contributed by atoms with E-state index in [0.717, 1.165) is 17.1 Å². The molecule has 1 aromatic carbocycles. The Kier molecular flexibility index (Phi) is 3.62. The normalized spacial score (nSPS) is 10.3. The van der Waals surface area contributed by atoms with Gasteiger partial charge in [0.15, 0.2) is 0 Å². The summed E-state index contributed by atoms with van der Waals surface area (Å²) in [6.45, 7) is 0. The van der Waals surface area contributed by atoms with Gasteiger partial charge in [-0.2, -0.15) is 0 Å². The number of rotatable bonds is 5. The van der Waals surface area contributed by atoms with Gasteiger partial charge in [0.1, 0.15) is 5.75 Å². The number of aromatic nitrogens is 2. The Morgan fingerprint density at radius 2 is 2.22 bits per heavy atom. The predicted molar refractivity (Wildman–Crippen MR) is 66.1 cm³/mol. The largest absolute Gasteiger partial charge is 0.495 e. The summed E-state index contributed by atoms with van der Waals surface area (Å²) in [5, 5.41) is 8.63. The minimum Gasteiger partial charge on any atom is -0.495 e. The Hall–Kier alpha value is -2.30. The van der Waals surface area contributed by atoms with E-state index in [2.05, 4.69) is 4.98 Å². The highest BCUT2D eigenvalue weighted by Crippen LogP contribution is 2.22. The number of hydrogen-bond acceptors (Lipinski definition) is 3. The average molecular weight is 246 g/mol. The van der Waals surface area contributed by atoms with Gasteiger partial charge < -0.3 is 14.4 Å². The second kappa shape index (κ2) is 5.35. The van der Waals surface area contributed by atoms with E-state index >= 15 is 0 Å². The fraction of sp³-hybridized carbons (Fsp3) is 0.231. The Bertz CT molecular complexity index is 549. The van der Waals surface area contributed by atoms with Gasteiger partial charge in [-0.3, -0.25) is 4.79 Å². The molecule has 1 N–H and O–H groups in total. The molecule has 1 aromatic heterocycles. The molecular formula is C13H14N2O3. The molecule has 0 radical (unpaired) electrons. The summed E-state index contributed by atoms with van der Waals surface area (Å²) in [6.07, 6.45) is 4.00. The number of methoxy groups -OCH3 is 1. The molecule has 18 heavy (non-hydrogen) atoms. The van der Waals surface area contributed by atoms with Crippen LogP contribution in [0.25, 0.3) is 5.69 Å². The van der Waals surface area contributed by atoms with Crippen LogP contribution in [0.1, 0.15) is 12.1 Å². The highest BCUT2D eigenvalue weighted by Gasteiger charge is 2.07. The third-order valence-corrected chi connectivity index (χ3v) is 2.59. The lowest BCUT2D eigenvalue weighted by Crippen LogP contribution is -1.98. The van der Waals surface area contributed by atoms with Gasteiger partial charge in [-0.1, -0.05) is 12.1 Å². The van der Waals surface area contributed by atoms with Gasteiger partial charge in [-0.15, -0.1) is 0 Å².